The van der Waals surface area contributed by atoms with Crippen molar-refractivity contribution in [2.75, 3.05) is 20.3 Å². The molecule has 1 aliphatic heterocycles. The Balaban J connectivity index is 1.38. The molecule has 1 aliphatic rings. The van der Waals surface area contributed by atoms with Crippen LogP contribution >= 0.6 is 0 Å². The summed E-state index contributed by atoms with van der Waals surface area (Å²) in [4.78, 5) is 4.46. The standard InChI is InChI=1S/C21H25N3O2/c1-24-9-8-23-21(24)20-18(7-10-26-20)14-22-13-15-3-4-17-12-19(25-2)6-5-16(17)11-15/h3-6,8-9,11-12,18,20,22H,7,10,13-14H2,1-2H3/t18-,20+/m0/s1. The maximum absolute atomic E-state index is 5.94. The molecule has 0 unspecified atom stereocenters. The SMILES string of the molecule is COc1ccc2cc(CNC[C@@H]3CCO[C@H]3c3nccn3C)ccc2c1. The highest BCUT2D eigenvalue weighted by atomic mass is 16.5. The number of hydrogen-bond acceptors (Lipinski definition) is 4. The van der Waals surface area contributed by atoms with Crippen molar-refractivity contribution in [2.24, 2.45) is 13.0 Å². The third kappa shape index (κ3) is 3.45. The summed E-state index contributed by atoms with van der Waals surface area (Å²) in [5, 5.41) is 6.04. The fourth-order valence-electron chi connectivity index (χ4n) is 3.69. The van der Waals surface area contributed by atoms with Crippen molar-refractivity contribution in [3.05, 3.63) is 60.2 Å². The molecule has 0 amide bonds. The molecule has 0 saturated carbocycles. The molecule has 1 N–H and O–H groups in total. The highest BCUT2D eigenvalue weighted by molar-refractivity contribution is 5.84. The van der Waals surface area contributed by atoms with E-state index in [0.717, 1.165) is 37.7 Å². The van der Waals surface area contributed by atoms with Gasteiger partial charge in [-0.25, -0.2) is 4.98 Å². The van der Waals surface area contributed by atoms with Crippen molar-refractivity contribution in [1.29, 1.82) is 0 Å². The fraction of sp³-hybridized carbons (Fsp3) is 0.381. The molecule has 1 fully saturated rings. The van der Waals surface area contributed by atoms with Crippen molar-refractivity contribution in [3.8, 4) is 5.75 Å². The average Bonchev–Trinajstić information content (AvgIpc) is 3.29. The Kier molecular flexibility index (Phi) is 4.91. The smallest absolute Gasteiger partial charge is 0.137 e. The highest BCUT2D eigenvalue weighted by Gasteiger charge is 2.31. The molecular weight excluding hydrogens is 326 g/mol. The average molecular weight is 351 g/mol. The van der Waals surface area contributed by atoms with Gasteiger partial charge < -0.3 is 19.4 Å². The van der Waals surface area contributed by atoms with Crippen LogP contribution in [0.5, 0.6) is 5.75 Å². The van der Waals surface area contributed by atoms with Crippen LogP contribution in [0.4, 0.5) is 0 Å². The summed E-state index contributed by atoms with van der Waals surface area (Å²) in [6.07, 6.45) is 4.98. The molecule has 0 aliphatic carbocycles. The second-order valence-corrected chi connectivity index (χ2v) is 6.91. The number of nitrogens with one attached hydrogen (secondary N) is 1. The second-order valence-electron chi connectivity index (χ2n) is 6.91. The Morgan fingerprint density at radius 2 is 2.08 bits per heavy atom. The molecule has 2 heterocycles. The summed E-state index contributed by atoms with van der Waals surface area (Å²) < 4.78 is 13.3. The molecule has 2 aromatic carbocycles. The number of aromatic nitrogens is 2. The van der Waals surface area contributed by atoms with E-state index in [1.54, 1.807) is 7.11 Å². The van der Waals surface area contributed by atoms with Gasteiger partial charge in [0.05, 0.1) is 7.11 Å². The van der Waals surface area contributed by atoms with E-state index < -0.39 is 0 Å². The largest absolute Gasteiger partial charge is 0.497 e. The number of aryl methyl sites for hydroxylation is 1. The van der Waals surface area contributed by atoms with Crippen LogP contribution in [0, 0.1) is 5.92 Å². The topological polar surface area (TPSA) is 48.3 Å². The summed E-state index contributed by atoms with van der Waals surface area (Å²) in [5.41, 5.74) is 1.29. The van der Waals surface area contributed by atoms with E-state index >= 15 is 0 Å². The van der Waals surface area contributed by atoms with E-state index in [-0.39, 0.29) is 6.10 Å². The van der Waals surface area contributed by atoms with E-state index in [2.05, 4.69) is 45.2 Å². The molecule has 1 saturated heterocycles. The molecule has 26 heavy (non-hydrogen) atoms. The van der Waals surface area contributed by atoms with Crippen LogP contribution in [-0.4, -0.2) is 29.8 Å². The molecule has 5 nitrogen and oxygen atoms in total. The summed E-state index contributed by atoms with van der Waals surface area (Å²) in [6.45, 7) is 2.59. The first-order valence-corrected chi connectivity index (χ1v) is 9.11. The minimum absolute atomic E-state index is 0.0894. The Morgan fingerprint density at radius 1 is 1.23 bits per heavy atom. The van der Waals surface area contributed by atoms with Gasteiger partial charge in [-0.3, -0.25) is 0 Å². The van der Waals surface area contributed by atoms with Crippen LogP contribution in [0.1, 0.15) is 23.9 Å². The number of hydrogen-bond donors (Lipinski definition) is 1. The zero-order valence-electron chi connectivity index (χ0n) is 15.3. The van der Waals surface area contributed by atoms with E-state index in [1.165, 1.54) is 16.3 Å². The van der Waals surface area contributed by atoms with Gasteiger partial charge in [0.25, 0.3) is 0 Å². The molecular formula is C21H25N3O2. The molecule has 0 spiro atoms. The van der Waals surface area contributed by atoms with Crippen LogP contribution in [0.25, 0.3) is 10.8 Å². The predicted molar refractivity (Wildman–Crippen MR) is 102 cm³/mol. The van der Waals surface area contributed by atoms with Gasteiger partial charge in [0.1, 0.15) is 17.7 Å². The lowest BCUT2D eigenvalue weighted by molar-refractivity contribution is 0.0811. The van der Waals surface area contributed by atoms with Crippen LogP contribution in [-0.2, 0) is 18.3 Å². The third-order valence-corrected chi connectivity index (χ3v) is 5.17. The van der Waals surface area contributed by atoms with Gasteiger partial charge in [0.2, 0.25) is 0 Å². The van der Waals surface area contributed by atoms with Gasteiger partial charge in [-0.2, -0.15) is 0 Å². The monoisotopic (exact) mass is 351 g/mol. The second kappa shape index (κ2) is 7.48. The quantitative estimate of drug-likeness (QED) is 0.739. The third-order valence-electron chi connectivity index (χ3n) is 5.17. The molecule has 136 valence electrons. The number of rotatable bonds is 6. The summed E-state index contributed by atoms with van der Waals surface area (Å²) >= 11 is 0. The van der Waals surface area contributed by atoms with Gasteiger partial charge in [-0.1, -0.05) is 18.2 Å². The highest BCUT2D eigenvalue weighted by Crippen LogP contribution is 2.33. The number of nitrogens with zero attached hydrogens (tertiary/aromatic N) is 2. The Labute approximate surface area is 153 Å². The molecule has 5 heteroatoms. The Bertz CT molecular complexity index is 890. The number of methoxy groups -OCH3 is 1. The maximum Gasteiger partial charge on any atom is 0.137 e. The fourth-order valence-corrected chi connectivity index (χ4v) is 3.69. The zero-order chi connectivity index (χ0) is 17.9. The van der Waals surface area contributed by atoms with Gasteiger partial charge in [-0.05, 0) is 41.0 Å². The predicted octanol–water partition coefficient (Wildman–Crippen LogP) is 3.45. The lowest BCUT2D eigenvalue weighted by Crippen LogP contribution is -2.25. The first-order valence-electron chi connectivity index (χ1n) is 9.11. The van der Waals surface area contributed by atoms with Gasteiger partial charge >= 0.3 is 0 Å². The Hall–Kier alpha value is -2.37. The van der Waals surface area contributed by atoms with E-state index in [9.17, 15) is 0 Å². The molecule has 0 bridgehead atoms. The number of fused-ring (bicyclic) bond motifs is 1. The first-order chi connectivity index (χ1) is 12.7. The maximum atomic E-state index is 5.94. The van der Waals surface area contributed by atoms with E-state index in [4.69, 9.17) is 9.47 Å². The Morgan fingerprint density at radius 3 is 2.88 bits per heavy atom. The van der Waals surface area contributed by atoms with Gasteiger partial charge in [-0.15, -0.1) is 0 Å². The van der Waals surface area contributed by atoms with Gasteiger partial charge in [0, 0.05) is 45.1 Å². The summed E-state index contributed by atoms with van der Waals surface area (Å²) in [5.74, 6) is 2.37. The number of ether oxygens (including phenoxy) is 2. The molecule has 0 radical (unpaired) electrons. The minimum atomic E-state index is 0.0894. The summed E-state index contributed by atoms with van der Waals surface area (Å²) in [7, 11) is 3.73. The van der Waals surface area contributed by atoms with E-state index in [0.29, 0.717) is 5.92 Å². The van der Waals surface area contributed by atoms with E-state index in [1.807, 2.05) is 25.5 Å². The van der Waals surface area contributed by atoms with Crippen LogP contribution in [0.3, 0.4) is 0 Å². The number of benzene rings is 2. The molecule has 4 rings (SSSR count). The van der Waals surface area contributed by atoms with Crippen molar-refractivity contribution in [2.45, 2.75) is 19.1 Å². The van der Waals surface area contributed by atoms with Crippen molar-refractivity contribution >= 4 is 10.8 Å². The normalized spacial score (nSPS) is 19.9. The van der Waals surface area contributed by atoms with Crippen molar-refractivity contribution in [3.63, 3.8) is 0 Å². The van der Waals surface area contributed by atoms with Crippen LogP contribution < -0.4 is 10.1 Å². The number of imidazole rings is 1. The minimum Gasteiger partial charge on any atom is -0.497 e. The van der Waals surface area contributed by atoms with Crippen LogP contribution in [0.15, 0.2) is 48.8 Å². The molecule has 3 aromatic rings. The van der Waals surface area contributed by atoms with Crippen molar-refractivity contribution < 1.29 is 9.47 Å². The van der Waals surface area contributed by atoms with Gasteiger partial charge in [0.15, 0.2) is 0 Å². The van der Waals surface area contributed by atoms with Crippen molar-refractivity contribution in [1.82, 2.24) is 14.9 Å². The zero-order valence-corrected chi connectivity index (χ0v) is 15.3. The summed E-state index contributed by atoms with van der Waals surface area (Å²) in [6, 6.07) is 12.8. The van der Waals surface area contributed by atoms with Crippen LogP contribution in [0.2, 0.25) is 0 Å². The first kappa shape index (κ1) is 17.1. The molecule has 2 atom stereocenters. The lowest BCUT2D eigenvalue weighted by Gasteiger charge is -2.19. The molecule has 1 aromatic heterocycles. The lowest BCUT2D eigenvalue weighted by atomic mass is 10.0.